The normalized spacial score (nSPS) is 21.5. The number of hydrogen-bond donors (Lipinski definition) is 2. The van der Waals surface area contributed by atoms with Crippen LogP contribution in [0.1, 0.15) is 18.4 Å². The summed E-state index contributed by atoms with van der Waals surface area (Å²) in [5.41, 5.74) is 0.853. The molecule has 1 amide bonds. The number of nitrogens with zero attached hydrogens (tertiary/aromatic N) is 2. The van der Waals surface area contributed by atoms with E-state index in [2.05, 4.69) is 10.3 Å². The van der Waals surface area contributed by atoms with Crippen molar-refractivity contribution in [2.45, 2.75) is 25.4 Å². The largest absolute Gasteiger partial charge is 0.493 e. The molecule has 2 N–H and O–H groups in total. The first-order valence-electron chi connectivity index (χ1n) is 9.40. The number of β-amino-alcohol motifs (C(OH)–C–C–N with tert-alkyl or cyclic N) is 1. The molecule has 2 atom stereocenters. The monoisotopic (exact) mass is 439 g/mol. The van der Waals surface area contributed by atoms with Crippen molar-refractivity contribution >= 4 is 40.6 Å². The molecular weight excluding hydrogens is 420 g/mol. The van der Waals surface area contributed by atoms with E-state index >= 15 is 0 Å². The number of aliphatic hydroxyl groups is 1. The van der Waals surface area contributed by atoms with Gasteiger partial charge in [-0.2, -0.15) is 0 Å². The molecule has 6 nitrogen and oxygen atoms in total. The Kier molecular flexibility index (Phi) is 5.81. The van der Waals surface area contributed by atoms with Gasteiger partial charge in [-0.15, -0.1) is 0 Å². The Hall–Kier alpha value is -2.09. The Balaban J connectivity index is 1.41. The molecule has 9 heteroatoms. The molecule has 29 heavy (non-hydrogen) atoms. The molecule has 2 aliphatic rings. The summed E-state index contributed by atoms with van der Waals surface area (Å²) in [5.74, 6) is 0.374. The van der Waals surface area contributed by atoms with Gasteiger partial charge < -0.3 is 20.1 Å². The van der Waals surface area contributed by atoms with Gasteiger partial charge in [-0.25, -0.2) is 9.37 Å². The molecule has 2 aromatic rings. The van der Waals surface area contributed by atoms with E-state index < -0.39 is 11.9 Å². The smallest absolute Gasteiger partial charge is 0.224 e. The summed E-state index contributed by atoms with van der Waals surface area (Å²) >= 11 is 12.1. The fraction of sp³-hybridized carbons (Fsp3) is 0.400. The van der Waals surface area contributed by atoms with Crippen molar-refractivity contribution < 1.29 is 19.0 Å². The van der Waals surface area contributed by atoms with Crippen LogP contribution in [0.25, 0.3) is 0 Å². The van der Waals surface area contributed by atoms with E-state index in [1.54, 1.807) is 12.1 Å². The van der Waals surface area contributed by atoms with Crippen molar-refractivity contribution in [1.82, 2.24) is 4.98 Å². The minimum Gasteiger partial charge on any atom is -0.493 e. The van der Waals surface area contributed by atoms with Gasteiger partial charge in [0.1, 0.15) is 17.4 Å². The second kappa shape index (κ2) is 8.34. The Morgan fingerprint density at radius 2 is 2.17 bits per heavy atom. The van der Waals surface area contributed by atoms with Gasteiger partial charge in [0.25, 0.3) is 0 Å². The zero-order valence-corrected chi connectivity index (χ0v) is 17.0. The van der Waals surface area contributed by atoms with E-state index in [4.69, 9.17) is 27.9 Å². The number of aromatic nitrogens is 1. The molecule has 4 rings (SSSR count). The molecule has 2 unspecified atom stereocenters. The summed E-state index contributed by atoms with van der Waals surface area (Å²) in [6, 6.07) is 4.49. The minimum atomic E-state index is -0.631. The first-order chi connectivity index (χ1) is 13.9. The summed E-state index contributed by atoms with van der Waals surface area (Å²) in [6.07, 6.45) is 2.30. The van der Waals surface area contributed by atoms with Crippen LogP contribution in [-0.2, 0) is 11.2 Å². The van der Waals surface area contributed by atoms with E-state index in [1.165, 1.54) is 12.3 Å². The van der Waals surface area contributed by atoms with Crippen LogP contribution in [0.2, 0.25) is 10.0 Å². The van der Waals surface area contributed by atoms with E-state index in [9.17, 15) is 14.3 Å². The number of amides is 1. The van der Waals surface area contributed by atoms with Crippen LogP contribution in [0.3, 0.4) is 0 Å². The minimum absolute atomic E-state index is 0.0868. The quantitative estimate of drug-likeness (QED) is 0.759. The van der Waals surface area contributed by atoms with Crippen molar-refractivity contribution in [3.8, 4) is 5.75 Å². The number of ether oxygens (including phenoxy) is 1. The number of anilines is 2. The highest BCUT2D eigenvalue weighted by Gasteiger charge is 2.30. The van der Waals surface area contributed by atoms with Crippen LogP contribution < -0.4 is 15.0 Å². The molecule has 3 heterocycles. The molecular formula is C20H20Cl2FN3O3. The zero-order chi connectivity index (χ0) is 20.5. The van der Waals surface area contributed by atoms with Gasteiger partial charge in [-0.3, -0.25) is 4.79 Å². The maximum Gasteiger partial charge on any atom is 0.224 e. The highest BCUT2D eigenvalue weighted by Crippen LogP contribution is 2.35. The van der Waals surface area contributed by atoms with Crippen molar-refractivity contribution in [2.75, 3.05) is 29.9 Å². The Morgan fingerprint density at radius 1 is 1.34 bits per heavy atom. The van der Waals surface area contributed by atoms with Gasteiger partial charge in [0.05, 0.1) is 28.4 Å². The first-order valence-corrected chi connectivity index (χ1v) is 10.2. The number of halogens is 3. The lowest BCUT2D eigenvalue weighted by Crippen LogP contribution is -2.46. The van der Waals surface area contributed by atoms with Gasteiger partial charge in [-0.1, -0.05) is 23.2 Å². The fourth-order valence-corrected chi connectivity index (χ4v) is 4.26. The fourth-order valence-electron chi connectivity index (χ4n) is 3.76. The Labute approximate surface area is 177 Å². The lowest BCUT2D eigenvalue weighted by Gasteiger charge is -2.37. The van der Waals surface area contributed by atoms with Crippen LogP contribution in [0.15, 0.2) is 24.4 Å². The van der Waals surface area contributed by atoms with Crippen molar-refractivity contribution in [2.24, 2.45) is 5.92 Å². The SMILES string of the molecule is O=C1CCc2c(OCC3CCN(c4ncc(Cl)cc4Cl)CC3O)ccc(F)c2N1. The van der Waals surface area contributed by atoms with Gasteiger partial charge >= 0.3 is 0 Å². The number of rotatable bonds is 4. The van der Waals surface area contributed by atoms with Crippen molar-refractivity contribution in [3.63, 3.8) is 0 Å². The van der Waals surface area contributed by atoms with Crippen LogP contribution >= 0.6 is 23.2 Å². The molecule has 1 saturated heterocycles. The van der Waals surface area contributed by atoms with Crippen LogP contribution in [0.5, 0.6) is 5.75 Å². The van der Waals surface area contributed by atoms with Crippen molar-refractivity contribution in [1.29, 1.82) is 0 Å². The maximum atomic E-state index is 14.0. The third-order valence-electron chi connectivity index (χ3n) is 5.35. The second-order valence-corrected chi connectivity index (χ2v) is 8.12. The number of benzene rings is 1. The Bertz CT molecular complexity index is 943. The molecule has 0 radical (unpaired) electrons. The summed E-state index contributed by atoms with van der Waals surface area (Å²) in [5, 5.41) is 14.1. The van der Waals surface area contributed by atoms with Gasteiger partial charge in [-0.05, 0) is 31.0 Å². The van der Waals surface area contributed by atoms with E-state index in [0.29, 0.717) is 66.1 Å². The van der Waals surface area contributed by atoms with Gasteiger partial charge in [0, 0.05) is 37.2 Å². The topological polar surface area (TPSA) is 74.7 Å². The number of hydrogen-bond acceptors (Lipinski definition) is 5. The maximum absolute atomic E-state index is 14.0. The lowest BCUT2D eigenvalue weighted by atomic mass is 9.94. The molecule has 0 aliphatic carbocycles. The summed E-state index contributed by atoms with van der Waals surface area (Å²) in [7, 11) is 0. The highest BCUT2D eigenvalue weighted by molar-refractivity contribution is 6.36. The predicted molar refractivity (Wildman–Crippen MR) is 109 cm³/mol. The standard InChI is InChI=1S/C20H20Cl2FN3O3/c21-12-7-14(22)20(24-8-12)26-6-5-11(16(27)9-26)10-29-17-3-2-15(23)19-13(17)1-4-18(28)25-19/h2-3,7-8,11,16,27H,1,4-6,9-10H2,(H,25,28). The number of aliphatic hydroxyl groups excluding tert-OH is 1. The van der Waals surface area contributed by atoms with Crippen molar-refractivity contribution in [3.05, 3.63) is 45.8 Å². The first kappa shape index (κ1) is 20.2. The number of carbonyl (C=O) groups excluding carboxylic acids is 1. The van der Waals surface area contributed by atoms with Crippen LogP contribution in [-0.4, -0.2) is 41.8 Å². The van der Waals surface area contributed by atoms with E-state index in [1.807, 2.05) is 4.90 Å². The number of pyridine rings is 1. The number of fused-ring (bicyclic) bond motifs is 1. The van der Waals surface area contributed by atoms with Gasteiger partial charge in [0.15, 0.2) is 0 Å². The summed E-state index contributed by atoms with van der Waals surface area (Å²) in [6.45, 7) is 1.33. The highest BCUT2D eigenvalue weighted by atomic mass is 35.5. The number of nitrogens with one attached hydrogen (secondary N) is 1. The van der Waals surface area contributed by atoms with E-state index in [-0.39, 0.29) is 17.5 Å². The summed E-state index contributed by atoms with van der Waals surface area (Å²) in [4.78, 5) is 17.7. The third-order valence-corrected chi connectivity index (χ3v) is 5.83. The number of carbonyl (C=O) groups is 1. The molecule has 0 bridgehead atoms. The molecule has 1 aromatic carbocycles. The van der Waals surface area contributed by atoms with Crippen LogP contribution in [0, 0.1) is 11.7 Å². The molecule has 154 valence electrons. The second-order valence-electron chi connectivity index (χ2n) is 7.28. The Morgan fingerprint density at radius 3 is 2.93 bits per heavy atom. The average molecular weight is 440 g/mol. The lowest BCUT2D eigenvalue weighted by molar-refractivity contribution is -0.116. The predicted octanol–water partition coefficient (Wildman–Crippen LogP) is 3.68. The van der Waals surface area contributed by atoms with Gasteiger partial charge in [0.2, 0.25) is 5.91 Å². The summed E-state index contributed by atoms with van der Waals surface area (Å²) < 4.78 is 19.9. The molecule has 1 fully saturated rings. The average Bonchev–Trinajstić information content (AvgIpc) is 2.68. The molecule has 0 spiro atoms. The molecule has 0 saturated carbocycles. The zero-order valence-electron chi connectivity index (χ0n) is 15.5. The third kappa shape index (κ3) is 4.27. The molecule has 1 aromatic heterocycles. The van der Waals surface area contributed by atoms with E-state index in [0.717, 1.165) is 0 Å². The molecule has 2 aliphatic heterocycles. The number of piperidine rings is 1. The van der Waals surface area contributed by atoms with Crippen LogP contribution in [0.4, 0.5) is 15.9 Å².